The molecule has 0 saturated carbocycles. The van der Waals surface area contributed by atoms with Crippen molar-refractivity contribution >= 4 is 17.7 Å². The monoisotopic (exact) mass is 280 g/mol. The molecular weight excluding hydrogens is 260 g/mol. The third-order valence-electron chi connectivity index (χ3n) is 2.83. The number of nitrogens with two attached hydrogens (primary N) is 1. The number of amides is 1. The lowest BCUT2D eigenvalue weighted by molar-refractivity contribution is -0.135. The summed E-state index contributed by atoms with van der Waals surface area (Å²) in [6.07, 6.45) is 1.54. The lowest BCUT2D eigenvalue weighted by atomic mass is 10.1. The van der Waals surface area contributed by atoms with Crippen LogP contribution in [0.5, 0.6) is 0 Å². The highest BCUT2D eigenvalue weighted by atomic mass is 16.4. The lowest BCUT2D eigenvalue weighted by Crippen LogP contribution is -2.37. The minimum atomic E-state index is -0.984. The Labute approximate surface area is 118 Å². The van der Waals surface area contributed by atoms with Gasteiger partial charge in [-0.05, 0) is 32.6 Å². The number of aryl methyl sites for hydroxylation is 1. The fourth-order valence-corrected chi connectivity index (χ4v) is 1.83. The predicted molar refractivity (Wildman–Crippen MR) is 75.9 cm³/mol. The summed E-state index contributed by atoms with van der Waals surface area (Å²) in [7, 11) is 3.77. The Morgan fingerprint density at radius 2 is 2.00 bits per heavy atom. The largest absolute Gasteiger partial charge is 0.480 e. The second kappa shape index (κ2) is 6.85. The smallest absolute Gasteiger partial charge is 0.323 e. The Morgan fingerprint density at radius 3 is 2.50 bits per heavy atom. The Hall–Kier alpha value is -2.15. The molecule has 0 atom stereocenters. The number of primary amides is 1. The van der Waals surface area contributed by atoms with Crippen molar-refractivity contribution in [2.45, 2.75) is 6.92 Å². The van der Waals surface area contributed by atoms with Crippen LogP contribution in [0.2, 0.25) is 0 Å². The van der Waals surface area contributed by atoms with E-state index in [1.165, 1.54) is 0 Å². The molecular formula is C13H20N4O3. The van der Waals surface area contributed by atoms with E-state index in [9.17, 15) is 9.59 Å². The number of anilines is 1. The first-order valence-electron chi connectivity index (χ1n) is 6.19. The maximum Gasteiger partial charge on any atom is 0.323 e. The van der Waals surface area contributed by atoms with Crippen LogP contribution in [0.15, 0.2) is 12.3 Å². The molecule has 0 unspecified atom stereocenters. The fourth-order valence-electron chi connectivity index (χ4n) is 1.83. The van der Waals surface area contributed by atoms with Crippen molar-refractivity contribution in [1.29, 1.82) is 0 Å². The minimum Gasteiger partial charge on any atom is -0.480 e. The number of likely N-dealkylation sites (N-methyl/N-ethyl adjacent to an activating group) is 1. The lowest BCUT2D eigenvalue weighted by Gasteiger charge is -2.25. The highest BCUT2D eigenvalue weighted by molar-refractivity contribution is 5.99. The highest BCUT2D eigenvalue weighted by Crippen LogP contribution is 2.20. The van der Waals surface area contributed by atoms with Gasteiger partial charge in [0.15, 0.2) is 0 Å². The van der Waals surface area contributed by atoms with Crippen molar-refractivity contribution in [3.63, 3.8) is 0 Å². The maximum atomic E-state index is 11.6. The van der Waals surface area contributed by atoms with Crippen molar-refractivity contribution in [1.82, 2.24) is 9.88 Å². The van der Waals surface area contributed by atoms with Gasteiger partial charge in [0.25, 0.3) is 5.91 Å². The number of aliphatic carboxylic acids is 1. The SMILES string of the molecule is Cc1ccnc(N(CCN(C)C)CC(=O)O)c1C(N)=O. The summed E-state index contributed by atoms with van der Waals surface area (Å²) in [5.41, 5.74) is 6.33. The molecule has 110 valence electrons. The van der Waals surface area contributed by atoms with Gasteiger partial charge in [-0.3, -0.25) is 9.59 Å². The van der Waals surface area contributed by atoms with E-state index in [1.54, 1.807) is 24.1 Å². The number of carbonyl (C=O) groups is 2. The number of nitrogens with zero attached hydrogens (tertiary/aromatic N) is 3. The van der Waals surface area contributed by atoms with Crippen molar-refractivity contribution < 1.29 is 14.7 Å². The molecule has 7 nitrogen and oxygen atoms in total. The van der Waals surface area contributed by atoms with Gasteiger partial charge in [0.05, 0.1) is 5.56 Å². The van der Waals surface area contributed by atoms with E-state index in [-0.39, 0.29) is 12.1 Å². The van der Waals surface area contributed by atoms with E-state index in [2.05, 4.69) is 4.98 Å². The van der Waals surface area contributed by atoms with Gasteiger partial charge >= 0.3 is 5.97 Å². The first-order valence-corrected chi connectivity index (χ1v) is 6.19. The number of carboxylic acids is 1. The molecule has 3 N–H and O–H groups in total. The summed E-state index contributed by atoms with van der Waals surface area (Å²) in [6.45, 7) is 2.60. The van der Waals surface area contributed by atoms with Crippen molar-refractivity contribution in [3.8, 4) is 0 Å². The zero-order chi connectivity index (χ0) is 15.3. The third kappa shape index (κ3) is 4.20. The molecule has 0 aliphatic heterocycles. The standard InChI is InChI=1S/C13H20N4O3/c1-9-4-5-15-13(11(9)12(14)20)17(8-10(18)19)7-6-16(2)3/h4-5H,6-8H2,1-3H3,(H2,14,20)(H,18,19). The molecule has 1 aromatic rings. The van der Waals surface area contributed by atoms with Crippen LogP contribution in [0.1, 0.15) is 15.9 Å². The predicted octanol–water partition coefficient (Wildman–Crippen LogP) is -0.0585. The Kier molecular flexibility index (Phi) is 5.45. The molecule has 7 heteroatoms. The van der Waals surface area contributed by atoms with Gasteiger partial charge < -0.3 is 20.6 Å². The van der Waals surface area contributed by atoms with E-state index < -0.39 is 11.9 Å². The van der Waals surface area contributed by atoms with Crippen LogP contribution in [0, 0.1) is 6.92 Å². The normalized spacial score (nSPS) is 10.6. The minimum absolute atomic E-state index is 0.232. The van der Waals surface area contributed by atoms with Crippen LogP contribution in [0.25, 0.3) is 0 Å². The molecule has 1 rings (SSSR count). The Balaban J connectivity index is 3.15. The molecule has 1 aromatic heterocycles. The molecule has 1 heterocycles. The molecule has 0 saturated heterocycles. The summed E-state index contributed by atoms with van der Waals surface area (Å²) in [6, 6.07) is 1.68. The summed E-state index contributed by atoms with van der Waals surface area (Å²) < 4.78 is 0. The zero-order valence-corrected chi connectivity index (χ0v) is 12.0. The van der Waals surface area contributed by atoms with Gasteiger partial charge in [0.2, 0.25) is 0 Å². The maximum absolute atomic E-state index is 11.6. The molecule has 0 aliphatic carbocycles. The zero-order valence-electron chi connectivity index (χ0n) is 12.0. The quantitative estimate of drug-likeness (QED) is 0.726. The van der Waals surface area contributed by atoms with Crippen molar-refractivity contribution in [3.05, 3.63) is 23.4 Å². The molecule has 0 spiro atoms. The van der Waals surface area contributed by atoms with E-state index in [1.807, 2.05) is 19.0 Å². The van der Waals surface area contributed by atoms with Crippen LogP contribution in [-0.2, 0) is 4.79 Å². The number of hydrogen-bond donors (Lipinski definition) is 2. The van der Waals surface area contributed by atoms with Gasteiger partial charge in [-0.1, -0.05) is 0 Å². The topological polar surface area (TPSA) is 99.8 Å². The van der Waals surface area contributed by atoms with Gasteiger partial charge in [-0.25, -0.2) is 4.98 Å². The second-order valence-corrected chi connectivity index (χ2v) is 4.81. The van der Waals surface area contributed by atoms with Crippen LogP contribution in [0.4, 0.5) is 5.82 Å². The van der Waals surface area contributed by atoms with Gasteiger partial charge in [-0.15, -0.1) is 0 Å². The fraction of sp³-hybridized carbons (Fsp3) is 0.462. The number of aromatic nitrogens is 1. The first kappa shape index (κ1) is 15.9. The number of rotatable bonds is 7. The van der Waals surface area contributed by atoms with E-state index in [0.29, 0.717) is 24.5 Å². The number of carboxylic acid groups (broad SMARTS) is 1. The van der Waals surface area contributed by atoms with E-state index in [0.717, 1.165) is 0 Å². The molecule has 0 bridgehead atoms. The van der Waals surface area contributed by atoms with Crippen molar-refractivity contribution in [2.75, 3.05) is 38.6 Å². The molecule has 0 radical (unpaired) electrons. The van der Waals surface area contributed by atoms with Gasteiger partial charge in [0, 0.05) is 19.3 Å². The average molecular weight is 280 g/mol. The molecule has 0 aromatic carbocycles. The average Bonchev–Trinajstić information content (AvgIpc) is 2.33. The van der Waals surface area contributed by atoms with Crippen LogP contribution in [-0.4, -0.2) is 60.6 Å². The summed E-state index contributed by atoms with van der Waals surface area (Å²) >= 11 is 0. The Morgan fingerprint density at radius 1 is 1.35 bits per heavy atom. The number of carbonyl (C=O) groups excluding carboxylic acids is 1. The van der Waals surface area contributed by atoms with Gasteiger partial charge in [-0.2, -0.15) is 0 Å². The summed E-state index contributed by atoms with van der Waals surface area (Å²) in [5, 5.41) is 9.01. The van der Waals surface area contributed by atoms with E-state index >= 15 is 0 Å². The molecule has 0 aliphatic rings. The third-order valence-corrected chi connectivity index (χ3v) is 2.83. The summed E-state index contributed by atoms with van der Waals surface area (Å²) in [4.78, 5) is 30.2. The Bertz CT molecular complexity index is 502. The molecule has 0 fully saturated rings. The number of pyridine rings is 1. The van der Waals surface area contributed by atoms with Crippen LogP contribution in [0.3, 0.4) is 0 Å². The van der Waals surface area contributed by atoms with Crippen LogP contribution < -0.4 is 10.6 Å². The van der Waals surface area contributed by atoms with Gasteiger partial charge in [0.1, 0.15) is 12.4 Å². The number of hydrogen-bond acceptors (Lipinski definition) is 5. The summed E-state index contributed by atoms with van der Waals surface area (Å²) in [5.74, 6) is -1.27. The molecule has 1 amide bonds. The van der Waals surface area contributed by atoms with Crippen molar-refractivity contribution in [2.24, 2.45) is 5.73 Å². The molecule has 20 heavy (non-hydrogen) atoms. The first-order chi connectivity index (χ1) is 9.32. The van der Waals surface area contributed by atoms with E-state index in [4.69, 9.17) is 10.8 Å². The second-order valence-electron chi connectivity index (χ2n) is 4.81. The van der Waals surface area contributed by atoms with Crippen LogP contribution >= 0.6 is 0 Å². The highest BCUT2D eigenvalue weighted by Gasteiger charge is 2.20.